The van der Waals surface area contributed by atoms with Gasteiger partial charge in [0.05, 0.1) is 12.2 Å². The third-order valence-corrected chi connectivity index (χ3v) is 4.98. The molecule has 1 saturated heterocycles. The summed E-state index contributed by atoms with van der Waals surface area (Å²) in [6.45, 7) is 9.72. The first-order valence-electron chi connectivity index (χ1n) is 8.55. The maximum absolute atomic E-state index is 4.46. The van der Waals surface area contributed by atoms with Crippen molar-refractivity contribution in [2.45, 2.75) is 46.6 Å². The average molecular weight is 302 g/mol. The number of nitrogens with one attached hydrogen (secondary N) is 1. The molecule has 1 aliphatic heterocycles. The molecule has 0 radical (unpaired) electrons. The Hall–Kier alpha value is -1.58. The van der Waals surface area contributed by atoms with Gasteiger partial charge in [-0.05, 0) is 36.8 Å². The van der Waals surface area contributed by atoms with Crippen LogP contribution in [0.3, 0.4) is 0 Å². The molecule has 0 amide bonds. The third kappa shape index (κ3) is 3.99. The fourth-order valence-corrected chi connectivity index (χ4v) is 3.52. The van der Waals surface area contributed by atoms with Gasteiger partial charge in [-0.15, -0.1) is 0 Å². The van der Waals surface area contributed by atoms with E-state index in [2.05, 4.69) is 47.0 Å². The number of hydrogen-bond acceptors (Lipinski definition) is 2. The van der Waals surface area contributed by atoms with E-state index in [1.54, 1.807) is 0 Å². The fourth-order valence-electron chi connectivity index (χ4n) is 3.52. The SMILES string of the molecule is CCC(CC)C1CCN(C(=NC)NCc2ncccc2C)C1. The molecule has 1 N–H and O–H groups in total. The Morgan fingerprint density at radius 3 is 2.86 bits per heavy atom. The number of aliphatic imine (C=N–C) groups is 1. The van der Waals surface area contributed by atoms with Crippen molar-refractivity contribution in [2.24, 2.45) is 16.8 Å². The van der Waals surface area contributed by atoms with Crippen LogP contribution < -0.4 is 5.32 Å². The van der Waals surface area contributed by atoms with Crippen molar-refractivity contribution in [1.29, 1.82) is 0 Å². The second-order valence-corrected chi connectivity index (χ2v) is 6.24. The first kappa shape index (κ1) is 16.8. The molecule has 0 aromatic carbocycles. The van der Waals surface area contributed by atoms with Gasteiger partial charge in [0.25, 0.3) is 0 Å². The van der Waals surface area contributed by atoms with Gasteiger partial charge in [0.15, 0.2) is 5.96 Å². The van der Waals surface area contributed by atoms with Crippen LogP contribution in [0.25, 0.3) is 0 Å². The van der Waals surface area contributed by atoms with Crippen molar-refractivity contribution < 1.29 is 0 Å². The standard InChI is InChI=1S/C18H30N4/c1-5-15(6-2)16-9-11-22(13-16)18(19-4)21-12-17-14(3)8-7-10-20-17/h7-8,10,15-16H,5-6,9,11-13H2,1-4H3,(H,19,21). The summed E-state index contributed by atoms with van der Waals surface area (Å²) >= 11 is 0. The van der Waals surface area contributed by atoms with E-state index in [1.807, 2.05) is 19.3 Å². The van der Waals surface area contributed by atoms with Gasteiger partial charge in [0, 0.05) is 26.3 Å². The molecule has 1 aliphatic rings. The topological polar surface area (TPSA) is 40.5 Å². The largest absolute Gasteiger partial charge is 0.351 e. The van der Waals surface area contributed by atoms with E-state index in [9.17, 15) is 0 Å². The summed E-state index contributed by atoms with van der Waals surface area (Å²) in [4.78, 5) is 11.3. The van der Waals surface area contributed by atoms with Crippen molar-refractivity contribution in [2.75, 3.05) is 20.1 Å². The summed E-state index contributed by atoms with van der Waals surface area (Å²) < 4.78 is 0. The lowest BCUT2D eigenvalue weighted by Crippen LogP contribution is -2.40. The molecule has 122 valence electrons. The van der Waals surface area contributed by atoms with Gasteiger partial charge in [-0.25, -0.2) is 0 Å². The van der Waals surface area contributed by atoms with Gasteiger partial charge in [0.2, 0.25) is 0 Å². The summed E-state index contributed by atoms with van der Waals surface area (Å²) in [7, 11) is 1.87. The van der Waals surface area contributed by atoms with E-state index in [0.717, 1.165) is 43.1 Å². The summed E-state index contributed by atoms with van der Waals surface area (Å²) in [6.07, 6.45) is 5.71. The zero-order valence-corrected chi connectivity index (χ0v) is 14.5. The van der Waals surface area contributed by atoms with Crippen LogP contribution in [0.5, 0.6) is 0 Å². The Kier molecular flexibility index (Phi) is 6.22. The van der Waals surface area contributed by atoms with Crippen LogP contribution in [-0.4, -0.2) is 36.0 Å². The Morgan fingerprint density at radius 1 is 1.45 bits per heavy atom. The van der Waals surface area contributed by atoms with Gasteiger partial charge in [-0.1, -0.05) is 32.8 Å². The second-order valence-electron chi connectivity index (χ2n) is 6.24. The molecule has 1 unspecified atom stereocenters. The first-order chi connectivity index (χ1) is 10.7. The zero-order chi connectivity index (χ0) is 15.9. The molecule has 2 heterocycles. The summed E-state index contributed by atoms with van der Waals surface area (Å²) in [5.41, 5.74) is 2.32. The first-order valence-corrected chi connectivity index (χ1v) is 8.55. The molecule has 4 heteroatoms. The van der Waals surface area contributed by atoms with E-state index in [-0.39, 0.29) is 0 Å². The van der Waals surface area contributed by atoms with Crippen molar-refractivity contribution in [3.05, 3.63) is 29.6 Å². The van der Waals surface area contributed by atoms with Crippen LogP contribution in [0.15, 0.2) is 23.3 Å². The molecule has 4 nitrogen and oxygen atoms in total. The number of guanidine groups is 1. The summed E-state index contributed by atoms with van der Waals surface area (Å²) in [6, 6.07) is 4.08. The highest BCUT2D eigenvalue weighted by Gasteiger charge is 2.29. The number of rotatable bonds is 5. The normalized spacial score (nSPS) is 19.0. The van der Waals surface area contributed by atoms with Crippen molar-refractivity contribution >= 4 is 5.96 Å². The highest BCUT2D eigenvalue weighted by Crippen LogP contribution is 2.28. The van der Waals surface area contributed by atoms with E-state index in [1.165, 1.54) is 24.8 Å². The highest BCUT2D eigenvalue weighted by atomic mass is 15.3. The molecule has 1 aromatic rings. The molecule has 1 atom stereocenters. The number of aryl methyl sites for hydroxylation is 1. The van der Waals surface area contributed by atoms with E-state index in [4.69, 9.17) is 0 Å². The monoisotopic (exact) mass is 302 g/mol. The molecular weight excluding hydrogens is 272 g/mol. The van der Waals surface area contributed by atoms with Gasteiger partial charge >= 0.3 is 0 Å². The number of aromatic nitrogens is 1. The van der Waals surface area contributed by atoms with Crippen molar-refractivity contribution in [1.82, 2.24) is 15.2 Å². The van der Waals surface area contributed by atoms with Gasteiger partial charge in [-0.3, -0.25) is 9.98 Å². The lowest BCUT2D eigenvalue weighted by Gasteiger charge is -2.24. The molecular formula is C18H30N4. The van der Waals surface area contributed by atoms with Gasteiger partial charge in [-0.2, -0.15) is 0 Å². The zero-order valence-electron chi connectivity index (χ0n) is 14.5. The third-order valence-electron chi connectivity index (χ3n) is 4.98. The van der Waals surface area contributed by atoms with Gasteiger partial charge < -0.3 is 10.2 Å². The van der Waals surface area contributed by atoms with Crippen LogP contribution >= 0.6 is 0 Å². The summed E-state index contributed by atoms with van der Waals surface area (Å²) in [5.74, 6) is 2.67. The fraction of sp³-hybridized carbons (Fsp3) is 0.667. The minimum atomic E-state index is 0.742. The molecule has 0 aliphatic carbocycles. The number of pyridine rings is 1. The summed E-state index contributed by atoms with van der Waals surface area (Å²) in [5, 5.41) is 3.48. The lowest BCUT2D eigenvalue weighted by molar-refractivity contribution is 0.319. The smallest absolute Gasteiger partial charge is 0.193 e. The van der Waals surface area contributed by atoms with Crippen molar-refractivity contribution in [3.8, 4) is 0 Å². The number of likely N-dealkylation sites (tertiary alicyclic amines) is 1. The minimum Gasteiger partial charge on any atom is -0.351 e. The molecule has 0 bridgehead atoms. The predicted octanol–water partition coefficient (Wildman–Crippen LogP) is 3.22. The molecule has 1 fully saturated rings. The second kappa shape index (κ2) is 8.16. The molecule has 0 saturated carbocycles. The lowest BCUT2D eigenvalue weighted by atomic mass is 9.87. The molecule has 1 aromatic heterocycles. The van der Waals surface area contributed by atoms with E-state index in [0.29, 0.717) is 0 Å². The Balaban J connectivity index is 1.92. The van der Waals surface area contributed by atoms with E-state index >= 15 is 0 Å². The van der Waals surface area contributed by atoms with Crippen molar-refractivity contribution in [3.63, 3.8) is 0 Å². The average Bonchev–Trinajstić information content (AvgIpc) is 3.00. The Morgan fingerprint density at radius 2 is 2.23 bits per heavy atom. The molecule has 22 heavy (non-hydrogen) atoms. The molecule has 2 rings (SSSR count). The quantitative estimate of drug-likeness (QED) is 0.670. The minimum absolute atomic E-state index is 0.742. The molecule has 0 spiro atoms. The highest BCUT2D eigenvalue weighted by molar-refractivity contribution is 5.80. The van der Waals surface area contributed by atoms with Crippen LogP contribution in [0.2, 0.25) is 0 Å². The number of hydrogen-bond donors (Lipinski definition) is 1. The maximum Gasteiger partial charge on any atom is 0.193 e. The predicted molar refractivity (Wildman–Crippen MR) is 92.9 cm³/mol. The van der Waals surface area contributed by atoms with Crippen LogP contribution in [0.4, 0.5) is 0 Å². The van der Waals surface area contributed by atoms with E-state index < -0.39 is 0 Å². The maximum atomic E-state index is 4.46. The Bertz CT molecular complexity index is 494. The van der Waals surface area contributed by atoms with Crippen LogP contribution in [0.1, 0.15) is 44.4 Å². The van der Waals surface area contributed by atoms with Crippen LogP contribution in [0, 0.1) is 18.8 Å². The van der Waals surface area contributed by atoms with Gasteiger partial charge in [0.1, 0.15) is 0 Å². The van der Waals surface area contributed by atoms with Crippen LogP contribution in [-0.2, 0) is 6.54 Å². The number of nitrogens with zero attached hydrogens (tertiary/aromatic N) is 3. The Labute approximate surface area is 135 Å².